The van der Waals surface area contributed by atoms with Gasteiger partial charge in [-0.1, -0.05) is 17.7 Å². The van der Waals surface area contributed by atoms with E-state index in [2.05, 4.69) is 17.1 Å². The lowest BCUT2D eigenvalue weighted by atomic mass is 9.91. The Hall–Kier alpha value is -1.10. The van der Waals surface area contributed by atoms with Crippen molar-refractivity contribution >= 4 is 23.2 Å². The minimum atomic E-state index is 0.00849. The monoisotopic (exact) mass is 309 g/mol. The first kappa shape index (κ1) is 16.3. The van der Waals surface area contributed by atoms with Gasteiger partial charge < -0.3 is 11.1 Å². The maximum Gasteiger partial charge on any atom is 0.238 e. The van der Waals surface area contributed by atoms with Crippen LogP contribution in [0.1, 0.15) is 25.3 Å². The van der Waals surface area contributed by atoms with Crippen molar-refractivity contribution in [3.63, 3.8) is 0 Å². The van der Waals surface area contributed by atoms with Crippen LogP contribution in [0.25, 0.3) is 0 Å². The second kappa shape index (κ2) is 7.25. The average Bonchev–Trinajstić information content (AvgIpc) is 2.43. The van der Waals surface area contributed by atoms with Crippen LogP contribution in [0.2, 0.25) is 5.02 Å². The van der Waals surface area contributed by atoms with Crippen LogP contribution in [-0.4, -0.2) is 36.5 Å². The topological polar surface area (TPSA) is 58.4 Å². The maximum atomic E-state index is 12.1. The molecule has 1 aliphatic rings. The van der Waals surface area contributed by atoms with Crippen LogP contribution >= 0.6 is 11.6 Å². The molecule has 1 saturated heterocycles. The van der Waals surface area contributed by atoms with Crippen LogP contribution in [0.5, 0.6) is 0 Å². The third-order valence-electron chi connectivity index (χ3n) is 4.20. The first-order chi connectivity index (χ1) is 9.95. The summed E-state index contributed by atoms with van der Waals surface area (Å²) < 4.78 is 0. The molecular weight excluding hydrogens is 286 g/mol. The maximum absolute atomic E-state index is 12.1. The minimum absolute atomic E-state index is 0.00849. The first-order valence-electron chi connectivity index (χ1n) is 7.49. The molecular formula is C16H24ClN3O. The van der Waals surface area contributed by atoms with E-state index in [1.54, 1.807) is 6.07 Å². The normalized spacial score (nSPS) is 18.5. The summed E-state index contributed by atoms with van der Waals surface area (Å²) in [6.45, 7) is 6.31. The van der Waals surface area contributed by atoms with E-state index < -0.39 is 0 Å². The number of nitrogens with two attached hydrogens (primary N) is 1. The first-order valence-corrected chi connectivity index (χ1v) is 7.87. The minimum Gasteiger partial charge on any atom is -0.328 e. The number of piperidine rings is 1. The van der Waals surface area contributed by atoms with E-state index in [0.29, 0.717) is 17.5 Å². The Kier molecular flexibility index (Phi) is 5.62. The second-order valence-corrected chi connectivity index (χ2v) is 6.39. The number of anilines is 1. The fraction of sp³-hybridized carbons (Fsp3) is 0.562. The van der Waals surface area contributed by atoms with Gasteiger partial charge >= 0.3 is 0 Å². The third-order valence-corrected chi connectivity index (χ3v) is 4.61. The standard InChI is InChI=1S/C16H24ClN3O/c1-11-3-4-14(9-15(11)17)19-16(21)10-20-7-5-13(6-8-20)12(2)18/h3-4,9,12-13H,5-8,10,18H2,1-2H3,(H,19,21). The number of amides is 1. The zero-order valence-corrected chi connectivity index (χ0v) is 13.5. The number of likely N-dealkylation sites (tertiary alicyclic amines) is 1. The fourth-order valence-corrected chi connectivity index (χ4v) is 2.89. The summed E-state index contributed by atoms with van der Waals surface area (Å²) >= 11 is 6.06. The number of nitrogens with one attached hydrogen (secondary N) is 1. The van der Waals surface area contributed by atoms with Crippen molar-refractivity contribution in [3.8, 4) is 0 Å². The van der Waals surface area contributed by atoms with Crippen molar-refractivity contribution < 1.29 is 4.79 Å². The lowest BCUT2D eigenvalue weighted by Crippen LogP contribution is -2.42. The molecule has 1 heterocycles. The molecule has 1 amide bonds. The molecule has 0 aromatic heterocycles. The molecule has 3 N–H and O–H groups in total. The molecule has 1 unspecified atom stereocenters. The lowest BCUT2D eigenvalue weighted by Gasteiger charge is -2.33. The van der Waals surface area contributed by atoms with Gasteiger partial charge in [0.2, 0.25) is 5.91 Å². The number of halogens is 1. The number of hydrogen-bond donors (Lipinski definition) is 2. The SMILES string of the molecule is Cc1ccc(NC(=O)CN2CCC(C(C)N)CC2)cc1Cl. The molecule has 2 rings (SSSR count). The predicted molar refractivity (Wildman–Crippen MR) is 87.6 cm³/mol. The second-order valence-electron chi connectivity index (χ2n) is 5.98. The van der Waals surface area contributed by atoms with Crippen LogP contribution < -0.4 is 11.1 Å². The largest absolute Gasteiger partial charge is 0.328 e. The summed E-state index contributed by atoms with van der Waals surface area (Å²) in [6.07, 6.45) is 2.14. The summed E-state index contributed by atoms with van der Waals surface area (Å²) in [7, 11) is 0. The predicted octanol–water partition coefficient (Wildman–Crippen LogP) is 2.65. The number of nitrogens with zero attached hydrogens (tertiary/aromatic N) is 1. The van der Waals surface area contributed by atoms with Gasteiger partial charge in [-0.05, 0) is 63.4 Å². The molecule has 1 aromatic carbocycles. The van der Waals surface area contributed by atoms with E-state index in [0.717, 1.165) is 37.2 Å². The average molecular weight is 310 g/mol. The Balaban J connectivity index is 1.81. The van der Waals surface area contributed by atoms with E-state index in [-0.39, 0.29) is 11.9 Å². The van der Waals surface area contributed by atoms with E-state index in [9.17, 15) is 4.79 Å². The van der Waals surface area contributed by atoms with Gasteiger partial charge in [-0.15, -0.1) is 0 Å². The van der Waals surface area contributed by atoms with Gasteiger partial charge in [0, 0.05) is 16.8 Å². The molecule has 5 heteroatoms. The highest BCUT2D eigenvalue weighted by Crippen LogP contribution is 2.21. The molecule has 1 aliphatic heterocycles. The molecule has 0 radical (unpaired) electrons. The van der Waals surface area contributed by atoms with E-state index in [1.807, 2.05) is 19.1 Å². The Bertz CT molecular complexity index is 496. The number of hydrogen-bond acceptors (Lipinski definition) is 3. The Labute approximate surface area is 131 Å². The van der Waals surface area contributed by atoms with Crippen molar-refractivity contribution in [2.75, 3.05) is 25.0 Å². The fourth-order valence-electron chi connectivity index (χ4n) is 2.71. The Morgan fingerprint density at radius 3 is 2.71 bits per heavy atom. The molecule has 0 spiro atoms. The molecule has 1 aromatic rings. The van der Waals surface area contributed by atoms with E-state index in [4.69, 9.17) is 17.3 Å². The number of benzene rings is 1. The van der Waals surface area contributed by atoms with Gasteiger partial charge in [0.15, 0.2) is 0 Å². The summed E-state index contributed by atoms with van der Waals surface area (Å²) in [6, 6.07) is 5.82. The molecule has 0 saturated carbocycles. The number of aryl methyl sites for hydroxylation is 1. The number of rotatable bonds is 4. The van der Waals surface area contributed by atoms with Gasteiger partial charge in [0.25, 0.3) is 0 Å². The summed E-state index contributed by atoms with van der Waals surface area (Å²) in [5.41, 5.74) is 7.69. The Morgan fingerprint density at radius 1 is 1.48 bits per heavy atom. The molecule has 4 nitrogen and oxygen atoms in total. The molecule has 116 valence electrons. The number of carbonyl (C=O) groups is 1. The molecule has 21 heavy (non-hydrogen) atoms. The van der Waals surface area contributed by atoms with Gasteiger partial charge in [0.05, 0.1) is 6.54 Å². The summed E-state index contributed by atoms with van der Waals surface area (Å²) in [4.78, 5) is 14.3. The Morgan fingerprint density at radius 2 is 2.14 bits per heavy atom. The quantitative estimate of drug-likeness (QED) is 0.899. The van der Waals surface area contributed by atoms with Crippen molar-refractivity contribution in [3.05, 3.63) is 28.8 Å². The smallest absolute Gasteiger partial charge is 0.238 e. The lowest BCUT2D eigenvalue weighted by molar-refractivity contribution is -0.117. The van der Waals surface area contributed by atoms with Gasteiger partial charge in [0.1, 0.15) is 0 Å². The third kappa shape index (κ3) is 4.70. The molecule has 0 bridgehead atoms. The van der Waals surface area contributed by atoms with Gasteiger partial charge in [-0.2, -0.15) is 0 Å². The molecule has 0 aliphatic carbocycles. The van der Waals surface area contributed by atoms with Gasteiger partial charge in [-0.3, -0.25) is 9.69 Å². The van der Waals surface area contributed by atoms with E-state index in [1.165, 1.54) is 0 Å². The highest BCUT2D eigenvalue weighted by atomic mass is 35.5. The van der Waals surface area contributed by atoms with Crippen molar-refractivity contribution in [2.45, 2.75) is 32.7 Å². The highest BCUT2D eigenvalue weighted by Gasteiger charge is 2.23. The highest BCUT2D eigenvalue weighted by molar-refractivity contribution is 6.31. The molecule has 1 fully saturated rings. The molecule has 1 atom stereocenters. The van der Waals surface area contributed by atoms with Crippen molar-refractivity contribution in [2.24, 2.45) is 11.7 Å². The van der Waals surface area contributed by atoms with Crippen LogP contribution in [0.3, 0.4) is 0 Å². The summed E-state index contributed by atoms with van der Waals surface area (Å²) in [5, 5.41) is 3.57. The van der Waals surface area contributed by atoms with Crippen LogP contribution in [0.4, 0.5) is 5.69 Å². The zero-order valence-electron chi connectivity index (χ0n) is 12.7. The van der Waals surface area contributed by atoms with Crippen LogP contribution in [0.15, 0.2) is 18.2 Å². The van der Waals surface area contributed by atoms with Crippen LogP contribution in [0, 0.1) is 12.8 Å². The summed E-state index contributed by atoms with van der Waals surface area (Å²) in [5.74, 6) is 0.592. The van der Waals surface area contributed by atoms with Gasteiger partial charge in [-0.25, -0.2) is 0 Å². The van der Waals surface area contributed by atoms with Crippen molar-refractivity contribution in [1.29, 1.82) is 0 Å². The number of carbonyl (C=O) groups excluding carboxylic acids is 1. The zero-order chi connectivity index (χ0) is 15.4. The van der Waals surface area contributed by atoms with Crippen molar-refractivity contribution in [1.82, 2.24) is 4.90 Å². The van der Waals surface area contributed by atoms with Crippen LogP contribution in [-0.2, 0) is 4.79 Å². The van der Waals surface area contributed by atoms with E-state index >= 15 is 0 Å².